The van der Waals surface area contributed by atoms with Crippen molar-refractivity contribution >= 4 is 35.2 Å². The average molecular weight is 577 g/mol. The van der Waals surface area contributed by atoms with E-state index in [2.05, 4.69) is 0 Å². The van der Waals surface area contributed by atoms with Gasteiger partial charge >= 0.3 is 0 Å². The van der Waals surface area contributed by atoms with Crippen molar-refractivity contribution in [3.8, 4) is 11.5 Å². The first-order chi connectivity index (χ1) is 20.4. The molecular weight excluding hydrogens is 552 g/mol. The Balaban J connectivity index is 1.57. The first kappa shape index (κ1) is 26.2. The third-order valence-corrected chi connectivity index (χ3v) is 9.00. The Morgan fingerprint density at radius 3 is 2.17 bits per heavy atom. The van der Waals surface area contributed by atoms with Gasteiger partial charge in [-0.25, -0.2) is 0 Å². The van der Waals surface area contributed by atoms with Gasteiger partial charge in [-0.05, 0) is 41.5 Å². The summed E-state index contributed by atoms with van der Waals surface area (Å²) < 4.78 is 11.3. The number of ether oxygens (including phenoxy) is 2. The molecule has 7 rings (SSSR count). The van der Waals surface area contributed by atoms with Crippen LogP contribution in [0.4, 0.5) is 0 Å². The molecule has 2 aliphatic heterocycles. The lowest BCUT2D eigenvalue weighted by Gasteiger charge is -2.36. The SMILES string of the molecule is COc1ccc([C@H]2[C@H](C(=O)c3ccc(Cl)cc3)N3N=Cc4ccccc4[C@H]3C23C(=O)c2ccccc2C3=O)c(OC)c1. The number of hydrogen-bond acceptors (Lipinski definition) is 7. The van der Waals surface area contributed by atoms with Gasteiger partial charge in [-0.3, -0.25) is 19.4 Å². The highest BCUT2D eigenvalue weighted by atomic mass is 35.5. The zero-order valence-corrected chi connectivity index (χ0v) is 23.5. The molecule has 0 saturated carbocycles. The van der Waals surface area contributed by atoms with Gasteiger partial charge in [0.15, 0.2) is 17.3 Å². The van der Waals surface area contributed by atoms with E-state index < -0.39 is 23.4 Å². The summed E-state index contributed by atoms with van der Waals surface area (Å²) in [5.41, 5.74) is 1.45. The summed E-state index contributed by atoms with van der Waals surface area (Å²) >= 11 is 6.16. The summed E-state index contributed by atoms with van der Waals surface area (Å²) in [6.45, 7) is 0. The average Bonchev–Trinajstić information content (AvgIpc) is 3.46. The van der Waals surface area contributed by atoms with Crippen LogP contribution in [0, 0.1) is 5.41 Å². The maximum atomic E-state index is 14.9. The third kappa shape index (κ3) is 3.46. The van der Waals surface area contributed by atoms with E-state index in [1.807, 2.05) is 24.3 Å². The largest absolute Gasteiger partial charge is 0.497 e. The molecule has 0 bridgehead atoms. The van der Waals surface area contributed by atoms with Gasteiger partial charge in [0.25, 0.3) is 0 Å². The second-order valence-electron chi connectivity index (χ2n) is 10.6. The van der Waals surface area contributed by atoms with Crippen molar-refractivity contribution in [1.82, 2.24) is 5.01 Å². The minimum Gasteiger partial charge on any atom is -0.497 e. The van der Waals surface area contributed by atoms with Crippen LogP contribution in [-0.4, -0.2) is 48.8 Å². The standard InChI is InChI=1S/C34H25ClN2O5/c1-41-22-15-16-26(27(17-22)42-2)28-29(30(38)19-11-13-21(35)14-12-19)37-31(23-8-4-3-7-20(23)18-36-37)34(28)32(39)24-9-5-6-10-25(24)33(34)40/h3-18,28-29,31H,1-2H3/t28-,29+,31-/m0/s1. The molecule has 1 fully saturated rings. The van der Waals surface area contributed by atoms with Gasteiger partial charge in [-0.2, -0.15) is 5.10 Å². The van der Waals surface area contributed by atoms with Crippen molar-refractivity contribution in [3.05, 3.63) is 129 Å². The van der Waals surface area contributed by atoms with Crippen LogP contribution in [0.15, 0.2) is 96.1 Å². The molecule has 1 aliphatic carbocycles. The number of carbonyl (C=O) groups excluding carboxylic acids is 3. The quantitative estimate of drug-likeness (QED) is 0.209. The van der Waals surface area contributed by atoms with Crippen LogP contribution >= 0.6 is 11.6 Å². The van der Waals surface area contributed by atoms with Crippen LogP contribution in [0.2, 0.25) is 5.02 Å². The predicted octanol–water partition coefficient (Wildman–Crippen LogP) is 6.16. The van der Waals surface area contributed by atoms with E-state index in [-0.39, 0.29) is 17.3 Å². The maximum Gasteiger partial charge on any atom is 0.187 e. The van der Waals surface area contributed by atoms with Crippen LogP contribution in [0.5, 0.6) is 11.5 Å². The van der Waals surface area contributed by atoms with E-state index in [9.17, 15) is 14.4 Å². The first-order valence-electron chi connectivity index (χ1n) is 13.5. The van der Waals surface area contributed by atoms with Gasteiger partial charge < -0.3 is 9.47 Å². The van der Waals surface area contributed by atoms with Gasteiger partial charge in [0.2, 0.25) is 0 Å². The molecule has 0 amide bonds. The van der Waals surface area contributed by atoms with Gasteiger partial charge in [-0.15, -0.1) is 0 Å². The third-order valence-electron chi connectivity index (χ3n) is 8.75. The summed E-state index contributed by atoms with van der Waals surface area (Å²) in [4.78, 5) is 44.3. The van der Waals surface area contributed by atoms with Crippen LogP contribution in [0.3, 0.4) is 0 Å². The normalized spacial score (nSPS) is 21.2. The topological polar surface area (TPSA) is 85.3 Å². The molecule has 42 heavy (non-hydrogen) atoms. The van der Waals surface area contributed by atoms with E-state index in [4.69, 9.17) is 26.2 Å². The summed E-state index contributed by atoms with van der Waals surface area (Å²) in [6.07, 6.45) is 1.69. The molecule has 2 heterocycles. The summed E-state index contributed by atoms with van der Waals surface area (Å²) in [5, 5.41) is 6.94. The molecular formula is C34H25ClN2O5. The van der Waals surface area contributed by atoms with Crippen LogP contribution in [0.25, 0.3) is 0 Å². The smallest absolute Gasteiger partial charge is 0.187 e. The second-order valence-corrected chi connectivity index (χ2v) is 11.1. The number of methoxy groups -OCH3 is 2. The molecule has 8 heteroatoms. The van der Waals surface area contributed by atoms with Crippen LogP contribution in [-0.2, 0) is 0 Å². The fourth-order valence-electron chi connectivity index (χ4n) is 6.98. The molecule has 0 radical (unpaired) electrons. The number of Topliss-reactive ketones (excluding diaryl/α,β-unsaturated/α-hetero) is 3. The Labute approximate surface area is 247 Å². The monoisotopic (exact) mass is 576 g/mol. The number of rotatable bonds is 5. The molecule has 1 spiro atoms. The number of carbonyl (C=O) groups is 3. The van der Waals surface area contributed by atoms with Gasteiger partial charge in [0.1, 0.15) is 23.0 Å². The lowest BCUT2D eigenvalue weighted by atomic mass is 9.62. The lowest BCUT2D eigenvalue weighted by Crippen LogP contribution is -2.44. The van der Waals surface area contributed by atoms with Gasteiger partial charge in [0, 0.05) is 39.3 Å². The fraction of sp³-hybridized carbons (Fsp3) is 0.176. The number of nitrogens with zero attached hydrogens (tertiary/aromatic N) is 2. The number of ketones is 3. The number of benzene rings is 4. The van der Waals surface area contributed by atoms with Crippen molar-refractivity contribution in [2.24, 2.45) is 10.5 Å². The van der Waals surface area contributed by atoms with Gasteiger partial charge in [0.05, 0.1) is 26.5 Å². The minimum atomic E-state index is -1.70. The highest BCUT2D eigenvalue weighted by molar-refractivity contribution is 6.32. The Hall–Kier alpha value is -4.75. The zero-order chi connectivity index (χ0) is 29.2. The Kier molecular flexibility index (Phi) is 6.02. The van der Waals surface area contributed by atoms with Crippen LogP contribution < -0.4 is 9.47 Å². The highest BCUT2D eigenvalue weighted by Crippen LogP contribution is 2.65. The number of hydrogen-bond donors (Lipinski definition) is 0. The maximum absolute atomic E-state index is 14.9. The highest BCUT2D eigenvalue weighted by Gasteiger charge is 2.73. The van der Waals surface area contributed by atoms with Gasteiger partial charge in [-0.1, -0.05) is 66.2 Å². The minimum absolute atomic E-state index is 0.287. The number of fused-ring (bicyclic) bond motifs is 5. The molecule has 4 aromatic carbocycles. The molecule has 0 unspecified atom stereocenters. The van der Waals surface area contributed by atoms with E-state index in [0.29, 0.717) is 38.8 Å². The molecule has 3 aliphatic rings. The molecule has 1 saturated heterocycles. The summed E-state index contributed by atoms with van der Waals surface area (Å²) in [5.74, 6) is -0.969. The Bertz CT molecular complexity index is 1780. The predicted molar refractivity (Wildman–Crippen MR) is 158 cm³/mol. The van der Waals surface area contributed by atoms with Crippen molar-refractivity contribution < 1.29 is 23.9 Å². The molecule has 4 aromatic rings. The Morgan fingerprint density at radius 1 is 0.833 bits per heavy atom. The van der Waals surface area contributed by atoms with E-state index in [0.717, 1.165) is 11.1 Å². The van der Waals surface area contributed by atoms with Crippen LogP contribution in [0.1, 0.15) is 59.7 Å². The second kappa shape index (κ2) is 9.67. The van der Waals surface area contributed by atoms with Crippen molar-refractivity contribution in [1.29, 1.82) is 0 Å². The fourth-order valence-corrected chi connectivity index (χ4v) is 7.11. The molecule has 0 aromatic heterocycles. The molecule has 0 N–H and O–H groups in total. The first-order valence-corrected chi connectivity index (χ1v) is 13.9. The zero-order valence-electron chi connectivity index (χ0n) is 22.8. The number of hydrazone groups is 1. The van der Waals surface area contributed by atoms with Crippen molar-refractivity contribution in [2.45, 2.75) is 18.0 Å². The molecule has 7 nitrogen and oxygen atoms in total. The van der Waals surface area contributed by atoms with E-state index in [1.165, 1.54) is 7.11 Å². The summed E-state index contributed by atoms with van der Waals surface area (Å²) in [6, 6.07) is 24.4. The van der Waals surface area contributed by atoms with E-state index in [1.54, 1.807) is 85.1 Å². The van der Waals surface area contributed by atoms with Crippen molar-refractivity contribution in [3.63, 3.8) is 0 Å². The molecule has 208 valence electrons. The number of halogens is 1. The Morgan fingerprint density at radius 2 is 1.50 bits per heavy atom. The van der Waals surface area contributed by atoms with E-state index >= 15 is 0 Å². The van der Waals surface area contributed by atoms with Crippen molar-refractivity contribution in [2.75, 3.05) is 14.2 Å². The summed E-state index contributed by atoms with van der Waals surface area (Å²) in [7, 11) is 3.06. The lowest BCUT2D eigenvalue weighted by molar-refractivity contribution is 0.0585. The molecule has 3 atom stereocenters.